The molecule has 0 spiro atoms. The van der Waals surface area contributed by atoms with Crippen molar-refractivity contribution >= 4 is 22.5 Å². The first-order valence-corrected chi connectivity index (χ1v) is 7.46. The van der Waals surface area contributed by atoms with Crippen LogP contribution in [-0.4, -0.2) is 16.0 Å². The van der Waals surface area contributed by atoms with E-state index >= 15 is 0 Å². The van der Waals surface area contributed by atoms with Gasteiger partial charge in [0.15, 0.2) is 0 Å². The summed E-state index contributed by atoms with van der Waals surface area (Å²) in [4.78, 5) is 15.8. The van der Waals surface area contributed by atoms with Crippen molar-refractivity contribution in [3.63, 3.8) is 0 Å². The van der Waals surface area contributed by atoms with Gasteiger partial charge in [-0.15, -0.1) is 0 Å². The summed E-state index contributed by atoms with van der Waals surface area (Å²) in [5.74, 6) is -0.0926. The van der Waals surface area contributed by atoms with E-state index in [0.717, 1.165) is 39.0 Å². The summed E-state index contributed by atoms with van der Waals surface area (Å²) < 4.78 is 0. The zero-order valence-electron chi connectivity index (χ0n) is 13.1. The first-order chi connectivity index (χ1) is 11.1. The van der Waals surface area contributed by atoms with E-state index < -0.39 is 0 Å². The predicted molar refractivity (Wildman–Crippen MR) is 92.1 cm³/mol. The van der Waals surface area contributed by atoms with Gasteiger partial charge in [0.2, 0.25) is 5.91 Å². The Morgan fingerprint density at radius 3 is 2.57 bits per heavy atom. The average Bonchev–Trinajstić information content (AvgIpc) is 2.54. The lowest BCUT2D eigenvalue weighted by molar-refractivity contribution is -0.114. The molecule has 3 rings (SSSR count). The number of anilines is 1. The van der Waals surface area contributed by atoms with E-state index in [9.17, 15) is 9.90 Å². The van der Waals surface area contributed by atoms with Gasteiger partial charge in [0.25, 0.3) is 0 Å². The number of aliphatic hydroxyl groups excluding tert-OH is 1. The quantitative estimate of drug-likeness (QED) is 0.776. The highest BCUT2D eigenvalue weighted by molar-refractivity contribution is 5.89. The lowest BCUT2D eigenvalue weighted by Gasteiger charge is -2.10. The number of hydrogen-bond acceptors (Lipinski definition) is 3. The summed E-state index contributed by atoms with van der Waals surface area (Å²) in [5.41, 5.74) is 5.35. The van der Waals surface area contributed by atoms with Crippen LogP contribution in [0.15, 0.2) is 48.5 Å². The Hall–Kier alpha value is -2.72. The topological polar surface area (TPSA) is 62.2 Å². The number of nitrogens with zero attached hydrogens (tertiary/aromatic N) is 1. The van der Waals surface area contributed by atoms with Crippen LogP contribution in [0, 0.1) is 6.92 Å². The summed E-state index contributed by atoms with van der Waals surface area (Å²) in [7, 11) is 0. The van der Waals surface area contributed by atoms with Crippen molar-refractivity contribution in [1.29, 1.82) is 0 Å². The second-order valence-corrected chi connectivity index (χ2v) is 5.55. The molecule has 0 bridgehead atoms. The second-order valence-electron chi connectivity index (χ2n) is 5.55. The first-order valence-electron chi connectivity index (χ1n) is 7.46. The molecule has 4 nitrogen and oxygen atoms in total. The minimum Gasteiger partial charge on any atom is -0.392 e. The van der Waals surface area contributed by atoms with Gasteiger partial charge in [0.1, 0.15) is 0 Å². The van der Waals surface area contributed by atoms with Crippen LogP contribution in [0.2, 0.25) is 0 Å². The normalized spacial score (nSPS) is 10.7. The van der Waals surface area contributed by atoms with E-state index in [1.54, 1.807) is 0 Å². The van der Waals surface area contributed by atoms with Crippen molar-refractivity contribution in [1.82, 2.24) is 4.98 Å². The fourth-order valence-corrected chi connectivity index (χ4v) is 2.68. The molecule has 0 unspecified atom stereocenters. The molecule has 0 aliphatic rings. The number of hydrogen-bond donors (Lipinski definition) is 2. The maximum atomic E-state index is 11.1. The summed E-state index contributed by atoms with van der Waals surface area (Å²) in [6.07, 6.45) is 0. The Kier molecular flexibility index (Phi) is 4.08. The fraction of sp³-hybridized carbons (Fsp3) is 0.158. The number of benzene rings is 2. The average molecular weight is 306 g/mol. The molecule has 1 heterocycles. The summed E-state index contributed by atoms with van der Waals surface area (Å²) in [6.45, 7) is 3.49. The molecule has 3 aromatic rings. The minimum absolute atomic E-state index is 0.0330. The molecule has 1 aromatic heterocycles. The number of rotatable bonds is 3. The van der Waals surface area contributed by atoms with Crippen molar-refractivity contribution in [3.05, 3.63) is 59.7 Å². The van der Waals surface area contributed by atoms with Crippen LogP contribution < -0.4 is 5.32 Å². The molecule has 0 saturated carbocycles. The number of amides is 1. The SMILES string of the molecule is CC(=O)Nc1ccc(-c2cc(C)c3cccc(CO)c3n2)cc1. The predicted octanol–water partition coefficient (Wildman–Crippen LogP) is 3.66. The molecule has 0 aliphatic heterocycles. The number of aromatic nitrogens is 1. The molecule has 1 amide bonds. The van der Waals surface area contributed by atoms with Crippen LogP contribution in [0.4, 0.5) is 5.69 Å². The van der Waals surface area contributed by atoms with E-state index in [2.05, 4.69) is 5.32 Å². The largest absolute Gasteiger partial charge is 0.392 e. The molecule has 23 heavy (non-hydrogen) atoms. The van der Waals surface area contributed by atoms with Gasteiger partial charge in [0, 0.05) is 29.1 Å². The Morgan fingerprint density at radius 1 is 1.17 bits per heavy atom. The standard InChI is InChI=1S/C19H18N2O2/c1-12-10-18(14-6-8-16(9-7-14)20-13(2)23)21-19-15(11-22)4-3-5-17(12)19/h3-10,22H,11H2,1-2H3,(H,20,23). The van der Waals surface area contributed by atoms with E-state index in [1.807, 2.05) is 55.5 Å². The molecule has 0 atom stereocenters. The van der Waals surface area contributed by atoms with Crippen LogP contribution in [-0.2, 0) is 11.4 Å². The van der Waals surface area contributed by atoms with Crippen LogP contribution in [0.5, 0.6) is 0 Å². The first kappa shape index (κ1) is 15.2. The van der Waals surface area contributed by atoms with E-state index in [0.29, 0.717) is 0 Å². The highest BCUT2D eigenvalue weighted by Gasteiger charge is 2.08. The Morgan fingerprint density at radius 2 is 1.91 bits per heavy atom. The third-order valence-corrected chi connectivity index (χ3v) is 3.80. The zero-order valence-corrected chi connectivity index (χ0v) is 13.1. The van der Waals surface area contributed by atoms with Gasteiger partial charge >= 0.3 is 0 Å². The number of aryl methyl sites for hydroxylation is 1. The van der Waals surface area contributed by atoms with Gasteiger partial charge in [-0.2, -0.15) is 0 Å². The van der Waals surface area contributed by atoms with Crippen molar-refractivity contribution < 1.29 is 9.90 Å². The molecule has 0 saturated heterocycles. The zero-order chi connectivity index (χ0) is 16.4. The molecule has 2 N–H and O–H groups in total. The van der Waals surface area contributed by atoms with E-state index in [4.69, 9.17) is 4.98 Å². The van der Waals surface area contributed by atoms with Gasteiger partial charge < -0.3 is 10.4 Å². The van der Waals surface area contributed by atoms with Crippen LogP contribution in [0.3, 0.4) is 0 Å². The lowest BCUT2D eigenvalue weighted by Crippen LogP contribution is -2.05. The Bertz CT molecular complexity index is 870. The summed E-state index contributed by atoms with van der Waals surface area (Å²) in [6, 6.07) is 15.5. The number of fused-ring (bicyclic) bond motifs is 1. The molecule has 0 radical (unpaired) electrons. The second kappa shape index (κ2) is 6.18. The summed E-state index contributed by atoms with van der Waals surface area (Å²) in [5, 5.41) is 13.3. The minimum atomic E-state index is -0.0926. The number of para-hydroxylation sites is 1. The number of pyridine rings is 1. The Balaban J connectivity index is 2.07. The third-order valence-electron chi connectivity index (χ3n) is 3.80. The summed E-state index contributed by atoms with van der Waals surface area (Å²) >= 11 is 0. The number of aliphatic hydroxyl groups is 1. The van der Waals surface area contributed by atoms with E-state index in [-0.39, 0.29) is 12.5 Å². The van der Waals surface area contributed by atoms with Gasteiger partial charge in [-0.1, -0.05) is 30.3 Å². The number of carbonyl (C=O) groups is 1. The molecular formula is C19H18N2O2. The number of carbonyl (C=O) groups excluding carboxylic acids is 1. The van der Waals surface area contributed by atoms with E-state index in [1.165, 1.54) is 6.92 Å². The van der Waals surface area contributed by atoms with Crippen molar-refractivity contribution in [2.45, 2.75) is 20.5 Å². The van der Waals surface area contributed by atoms with Crippen LogP contribution in [0.1, 0.15) is 18.1 Å². The molecule has 4 heteroatoms. The van der Waals surface area contributed by atoms with Crippen molar-refractivity contribution in [2.24, 2.45) is 0 Å². The molecule has 0 aliphatic carbocycles. The smallest absolute Gasteiger partial charge is 0.221 e. The van der Waals surface area contributed by atoms with Gasteiger partial charge in [-0.25, -0.2) is 4.98 Å². The van der Waals surface area contributed by atoms with Gasteiger partial charge in [-0.05, 0) is 30.7 Å². The van der Waals surface area contributed by atoms with Crippen molar-refractivity contribution in [2.75, 3.05) is 5.32 Å². The van der Waals surface area contributed by atoms with Gasteiger partial charge in [-0.3, -0.25) is 4.79 Å². The third kappa shape index (κ3) is 3.07. The maximum absolute atomic E-state index is 11.1. The van der Waals surface area contributed by atoms with Crippen LogP contribution in [0.25, 0.3) is 22.2 Å². The Labute approximate surface area is 134 Å². The molecule has 0 fully saturated rings. The molecular weight excluding hydrogens is 288 g/mol. The molecule has 2 aromatic carbocycles. The van der Waals surface area contributed by atoms with Crippen LogP contribution >= 0.6 is 0 Å². The highest BCUT2D eigenvalue weighted by atomic mass is 16.3. The maximum Gasteiger partial charge on any atom is 0.221 e. The van der Waals surface area contributed by atoms with Gasteiger partial charge in [0.05, 0.1) is 17.8 Å². The fourth-order valence-electron chi connectivity index (χ4n) is 2.68. The monoisotopic (exact) mass is 306 g/mol. The molecule has 116 valence electrons. The lowest BCUT2D eigenvalue weighted by atomic mass is 10.0. The number of nitrogens with one attached hydrogen (secondary N) is 1. The van der Waals surface area contributed by atoms with Crippen molar-refractivity contribution in [3.8, 4) is 11.3 Å². The highest BCUT2D eigenvalue weighted by Crippen LogP contribution is 2.27.